The molecule has 4 heteroatoms. The summed E-state index contributed by atoms with van der Waals surface area (Å²) < 4.78 is 5.89. The van der Waals surface area contributed by atoms with Crippen molar-refractivity contribution in [2.75, 3.05) is 12.5 Å². The van der Waals surface area contributed by atoms with E-state index in [9.17, 15) is 4.79 Å². The van der Waals surface area contributed by atoms with Crippen LogP contribution in [0.4, 0.5) is 0 Å². The lowest BCUT2D eigenvalue weighted by atomic mass is 10.1. The van der Waals surface area contributed by atoms with Crippen molar-refractivity contribution >= 4 is 33.5 Å². The van der Waals surface area contributed by atoms with Gasteiger partial charge in [0.25, 0.3) is 0 Å². The molecule has 1 rings (SSSR count). The first kappa shape index (κ1) is 14.5. The van der Waals surface area contributed by atoms with Gasteiger partial charge in [-0.15, -0.1) is 11.6 Å². The number of ether oxygens (including phenoxy) is 1. The molecular formula is C13H16BrClO2. The largest absolute Gasteiger partial charge is 0.466 e. The minimum atomic E-state index is -0.192. The van der Waals surface area contributed by atoms with Crippen LogP contribution in [0.25, 0.3) is 0 Å². The molecule has 0 saturated heterocycles. The van der Waals surface area contributed by atoms with Crippen LogP contribution in [0.2, 0.25) is 0 Å². The van der Waals surface area contributed by atoms with Crippen molar-refractivity contribution in [1.29, 1.82) is 0 Å². The van der Waals surface area contributed by atoms with Gasteiger partial charge in [-0.05, 0) is 37.0 Å². The molecule has 0 aliphatic rings. The Morgan fingerprint density at radius 1 is 1.47 bits per heavy atom. The molecule has 17 heavy (non-hydrogen) atoms. The number of esters is 1. The second-order valence-corrected chi connectivity index (χ2v) is 4.93. The number of carbonyl (C=O) groups excluding carboxylic acids is 1. The van der Waals surface area contributed by atoms with Crippen molar-refractivity contribution in [2.24, 2.45) is 0 Å². The topological polar surface area (TPSA) is 26.3 Å². The summed E-state index contributed by atoms with van der Waals surface area (Å²) in [5.41, 5.74) is 2.17. The van der Waals surface area contributed by atoms with Gasteiger partial charge in [0.2, 0.25) is 0 Å². The zero-order chi connectivity index (χ0) is 12.7. The van der Waals surface area contributed by atoms with Gasteiger partial charge in [0, 0.05) is 10.4 Å². The fourth-order valence-electron chi connectivity index (χ4n) is 1.56. The number of rotatable bonds is 6. The van der Waals surface area contributed by atoms with E-state index in [0.29, 0.717) is 18.9 Å². The summed E-state index contributed by atoms with van der Waals surface area (Å²) in [6, 6.07) is 6.05. The smallest absolute Gasteiger partial charge is 0.310 e. The van der Waals surface area contributed by atoms with Crippen LogP contribution in [0, 0.1) is 0 Å². The molecule has 0 unspecified atom stereocenters. The van der Waals surface area contributed by atoms with Crippen LogP contribution in [-0.4, -0.2) is 18.5 Å². The van der Waals surface area contributed by atoms with E-state index in [2.05, 4.69) is 15.9 Å². The number of carbonyl (C=O) groups is 1. The molecule has 0 spiro atoms. The quantitative estimate of drug-likeness (QED) is 0.590. The Hall–Kier alpha value is -0.540. The van der Waals surface area contributed by atoms with Crippen LogP contribution in [-0.2, 0) is 22.4 Å². The first-order chi connectivity index (χ1) is 8.17. The van der Waals surface area contributed by atoms with Gasteiger partial charge < -0.3 is 4.74 Å². The van der Waals surface area contributed by atoms with E-state index < -0.39 is 0 Å². The van der Waals surface area contributed by atoms with Crippen molar-refractivity contribution in [3.63, 3.8) is 0 Å². The standard InChI is InChI=1S/C13H16BrClO2/c1-2-17-13(16)9-11-8-10(4-3-7-15)5-6-12(11)14/h5-6,8H,2-4,7,9H2,1H3. The highest BCUT2D eigenvalue weighted by Gasteiger charge is 2.08. The molecule has 1 aromatic carbocycles. The van der Waals surface area contributed by atoms with E-state index in [4.69, 9.17) is 16.3 Å². The predicted octanol–water partition coefficient (Wildman–Crippen LogP) is 3.73. The molecule has 0 radical (unpaired) electrons. The number of benzene rings is 1. The highest BCUT2D eigenvalue weighted by molar-refractivity contribution is 9.10. The van der Waals surface area contributed by atoms with Gasteiger partial charge in [-0.25, -0.2) is 0 Å². The van der Waals surface area contributed by atoms with Crippen molar-refractivity contribution in [1.82, 2.24) is 0 Å². The molecule has 0 bridgehead atoms. The minimum absolute atomic E-state index is 0.192. The van der Waals surface area contributed by atoms with Gasteiger partial charge in [0.05, 0.1) is 13.0 Å². The Morgan fingerprint density at radius 2 is 2.24 bits per heavy atom. The van der Waals surface area contributed by atoms with E-state index in [-0.39, 0.29) is 5.97 Å². The lowest BCUT2D eigenvalue weighted by Gasteiger charge is -2.07. The van der Waals surface area contributed by atoms with E-state index in [1.807, 2.05) is 25.1 Å². The highest BCUT2D eigenvalue weighted by atomic mass is 79.9. The summed E-state index contributed by atoms with van der Waals surface area (Å²) in [5, 5.41) is 0. The number of aryl methyl sites for hydroxylation is 1. The van der Waals surface area contributed by atoms with Crippen LogP contribution in [0.5, 0.6) is 0 Å². The number of halogens is 2. The SMILES string of the molecule is CCOC(=O)Cc1cc(CCCCl)ccc1Br. The van der Waals surface area contributed by atoms with Gasteiger partial charge in [-0.1, -0.05) is 28.1 Å². The monoisotopic (exact) mass is 318 g/mol. The number of alkyl halides is 1. The van der Waals surface area contributed by atoms with Gasteiger partial charge in [-0.3, -0.25) is 4.79 Å². The van der Waals surface area contributed by atoms with Gasteiger partial charge in [0.15, 0.2) is 0 Å². The molecule has 2 nitrogen and oxygen atoms in total. The van der Waals surface area contributed by atoms with Crippen LogP contribution in [0.1, 0.15) is 24.5 Å². The van der Waals surface area contributed by atoms with Crippen LogP contribution < -0.4 is 0 Å². The molecule has 0 heterocycles. The molecule has 0 saturated carbocycles. The summed E-state index contributed by atoms with van der Waals surface area (Å²) in [6.07, 6.45) is 2.19. The van der Waals surface area contributed by atoms with E-state index in [1.54, 1.807) is 0 Å². The van der Waals surface area contributed by atoms with Crippen LogP contribution in [0.15, 0.2) is 22.7 Å². The van der Waals surface area contributed by atoms with Gasteiger partial charge >= 0.3 is 5.97 Å². The summed E-state index contributed by atoms with van der Waals surface area (Å²) in [7, 11) is 0. The van der Waals surface area contributed by atoms with E-state index >= 15 is 0 Å². The third kappa shape index (κ3) is 5.09. The Kier molecular flexibility index (Phi) is 6.60. The van der Waals surface area contributed by atoms with E-state index in [1.165, 1.54) is 5.56 Å². The molecule has 0 amide bonds. The molecule has 1 aromatic rings. The third-order valence-electron chi connectivity index (χ3n) is 2.35. The Bertz CT molecular complexity index is 380. The van der Waals surface area contributed by atoms with E-state index in [0.717, 1.165) is 22.9 Å². The van der Waals surface area contributed by atoms with Crippen molar-refractivity contribution < 1.29 is 9.53 Å². The second-order valence-electron chi connectivity index (χ2n) is 3.70. The van der Waals surface area contributed by atoms with Crippen LogP contribution >= 0.6 is 27.5 Å². The average Bonchev–Trinajstić information content (AvgIpc) is 2.30. The molecule has 0 atom stereocenters. The summed E-state index contributed by atoms with van der Waals surface area (Å²) >= 11 is 9.11. The molecule has 94 valence electrons. The molecule has 0 fully saturated rings. The lowest BCUT2D eigenvalue weighted by Crippen LogP contribution is -2.08. The highest BCUT2D eigenvalue weighted by Crippen LogP contribution is 2.20. The fourth-order valence-corrected chi connectivity index (χ4v) is 2.08. The second kappa shape index (κ2) is 7.72. The van der Waals surface area contributed by atoms with Crippen molar-refractivity contribution in [3.05, 3.63) is 33.8 Å². The number of hydrogen-bond donors (Lipinski definition) is 0. The van der Waals surface area contributed by atoms with Crippen molar-refractivity contribution in [2.45, 2.75) is 26.2 Å². The molecule has 0 aliphatic carbocycles. The maximum atomic E-state index is 11.4. The van der Waals surface area contributed by atoms with Crippen molar-refractivity contribution in [3.8, 4) is 0 Å². The Morgan fingerprint density at radius 3 is 2.88 bits per heavy atom. The molecule has 0 aromatic heterocycles. The van der Waals surface area contributed by atoms with Gasteiger partial charge in [0.1, 0.15) is 0 Å². The average molecular weight is 320 g/mol. The zero-order valence-electron chi connectivity index (χ0n) is 9.84. The predicted molar refractivity (Wildman–Crippen MR) is 73.5 cm³/mol. The minimum Gasteiger partial charge on any atom is -0.466 e. The maximum Gasteiger partial charge on any atom is 0.310 e. The van der Waals surface area contributed by atoms with Gasteiger partial charge in [-0.2, -0.15) is 0 Å². The molecule has 0 aliphatic heterocycles. The first-order valence-corrected chi connectivity index (χ1v) is 6.99. The Labute approximate surface area is 115 Å². The summed E-state index contributed by atoms with van der Waals surface area (Å²) in [5.74, 6) is 0.464. The summed E-state index contributed by atoms with van der Waals surface area (Å²) in [4.78, 5) is 11.4. The fraction of sp³-hybridized carbons (Fsp3) is 0.462. The lowest BCUT2D eigenvalue weighted by molar-refractivity contribution is -0.142. The van der Waals surface area contributed by atoms with Crippen LogP contribution in [0.3, 0.4) is 0 Å². The molecular weight excluding hydrogens is 303 g/mol. The Balaban J connectivity index is 2.72. The first-order valence-electron chi connectivity index (χ1n) is 5.66. The molecule has 0 N–H and O–H groups in total. The number of hydrogen-bond acceptors (Lipinski definition) is 2. The zero-order valence-corrected chi connectivity index (χ0v) is 12.2. The summed E-state index contributed by atoms with van der Waals surface area (Å²) in [6.45, 7) is 2.23. The third-order valence-corrected chi connectivity index (χ3v) is 3.39. The normalized spacial score (nSPS) is 10.3. The maximum absolute atomic E-state index is 11.4.